The van der Waals surface area contributed by atoms with Crippen LogP contribution >= 0.6 is 0 Å². The van der Waals surface area contributed by atoms with Crippen molar-refractivity contribution in [2.24, 2.45) is 47.3 Å². The predicted molar refractivity (Wildman–Crippen MR) is 413 cm³/mol. The van der Waals surface area contributed by atoms with Crippen LogP contribution in [0.4, 0.5) is 0 Å². The summed E-state index contributed by atoms with van der Waals surface area (Å²) in [7, 11) is 0. The zero-order chi connectivity index (χ0) is 67.5. The number of benzene rings is 4. The first kappa shape index (κ1) is 66.3. The second-order valence-electron chi connectivity index (χ2n) is 31.1. The molecule has 3 aromatic heterocycles. The van der Waals surface area contributed by atoms with E-state index in [9.17, 15) is 0 Å². The van der Waals surface area contributed by atoms with Crippen LogP contribution in [0.1, 0.15) is 108 Å². The molecule has 8 atom stereocenters. The maximum atomic E-state index is 7.17. The molecule has 9 nitrogen and oxygen atoms in total. The van der Waals surface area contributed by atoms with Crippen molar-refractivity contribution in [3.63, 3.8) is 0 Å². The monoisotopic (exact) mass is 1290 g/mol. The van der Waals surface area contributed by atoms with Gasteiger partial charge in [0.25, 0.3) is 0 Å². The Balaban J connectivity index is 0.844. The fourth-order valence-corrected chi connectivity index (χ4v) is 15.3. The standard InChI is InChI=1S/C89H98N8O/c1-87(2,3)69-33-25-59(26-34-69)83-74-41-43-76(94-74)84(60-27-35-70(36-28-60)88(4,5)6)78-45-47-80(96-78)86(81-48-46-79(97-81)85(77-44-42-75(83)95-77)61-29-37-71(38-30-61)89(7,8)9)62-31-39-72(40-32-62)98-82-24-16-23-58-49-50-90-51-63-17-10-11-18-64(63)52-91-53-65-19-12-13-20-66(65)54-92-55-67-21-14-15-22-68(67)56-93-57-73(58)82/h10-48,58,63-68,73,90-94,97H,49-57H2,1-9H3. The third kappa shape index (κ3) is 14.7. The lowest BCUT2D eigenvalue weighted by molar-refractivity contribution is 0.272. The minimum absolute atomic E-state index is 0.000296. The van der Waals surface area contributed by atoms with Crippen LogP contribution in [0.25, 0.3) is 90.9 Å². The van der Waals surface area contributed by atoms with Gasteiger partial charge in [-0.25, -0.2) is 9.97 Å². The van der Waals surface area contributed by atoms with Gasteiger partial charge in [-0.3, -0.25) is 0 Å². The van der Waals surface area contributed by atoms with Crippen molar-refractivity contribution in [3.8, 4) is 50.3 Å². The molecule has 0 radical (unpaired) electrons. The smallest absolute Gasteiger partial charge is 0.126 e. The lowest BCUT2D eigenvalue weighted by Crippen LogP contribution is -2.39. The topological polar surface area (TPSA) is 115 Å². The molecule has 6 heterocycles. The van der Waals surface area contributed by atoms with Crippen LogP contribution in [0.5, 0.6) is 5.75 Å². The van der Waals surface area contributed by atoms with E-state index in [1.165, 1.54) is 16.7 Å². The largest absolute Gasteiger partial charge is 0.461 e. The number of rotatable bonds is 6. The molecule has 500 valence electrons. The van der Waals surface area contributed by atoms with Gasteiger partial charge >= 0.3 is 0 Å². The highest BCUT2D eigenvalue weighted by atomic mass is 16.5. The lowest BCUT2D eigenvalue weighted by Gasteiger charge is -2.32. The Bertz CT molecular complexity index is 4480. The van der Waals surface area contributed by atoms with Crippen LogP contribution in [0.15, 0.2) is 218 Å². The van der Waals surface area contributed by atoms with Gasteiger partial charge in [-0.2, -0.15) is 0 Å². The molecule has 14 rings (SSSR count). The molecule has 4 aliphatic carbocycles. The fraction of sp³-hybridized carbons (Fsp3) is 0.326. The Morgan fingerprint density at radius 1 is 0.327 bits per heavy atom. The van der Waals surface area contributed by atoms with Crippen LogP contribution in [0.2, 0.25) is 0 Å². The minimum Gasteiger partial charge on any atom is -0.461 e. The molecule has 8 unspecified atom stereocenters. The van der Waals surface area contributed by atoms with Crippen LogP contribution in [-0.4, -0.2) is 72.3 Å². The molecule has 7 aromatic rings. The van der Waals surface area contributed by atoms with Crippen molar-refractivity contribution in [2.75, 3.05) is 52.4 Å². The Labute approximate surface area is 581 Å². The molecular formula is C89H98N8O. The quantitative estimate of drug-likeness (QED) is 0.0983. The van der Waals surface area contributed by atoms with Crippen LogP contribution < -0.4 is 26.0 Å². The van der Waals surface area contributed by atoms with Crippen LogP contribution in [-0.2, 0) is 16.2 Å². The van der Waals surface area contributed by atoms with E-state index in [1.54, 1.807) is 0 Å². The van der Waals surface area contributed by atoms with E-state index in [0.717, 1.165) is 160 Å². The molecule has 0 spiro atoms. The number of nitrogens with one attached hydrogen (secondary N) is 6. The van der Waals surface area contributed by atoms with Crippen molar-refractivity contribution < 1.29 is 4.74 Å². The summed E-state index contributed by atoms with van der Waals surface area (Å²) in [5.41, 5.74) is 19.5. The Hall–Kier alpha value is -8.96. The van der Waals surface area contributed by atoms with Gasteiger partial charge in [-0.05, 0) is 176 Å². The normalized spacial score (nSPS) is 22.9. The van der Waals surface area contributed by atoms with E-state index >= 15 is 0 Å². The van der Waals surface area contributed by atoms with Crippen molar-refractivity contribution in [2.45, 2.75) is 85.0 Å². The Morgan fingerprint density at radius 3 is 0.949 bits per heavy atom. The molecular weight excluding hydrogens is 1200 g/mol. The second kappa shape index (κ2) is 28.5. The van der Waals surface area contributed by atoms with Gasteiger partial charge < -0.3 is 36.0 Å². The van der Waals surface area contributed by atoms with Crippen molar-refractivity contribution >= 4 is 46.4 Å². The van der Waals surface area contributed by atoms with Gasteiger partial charge in [0, 0.05) is 96.1 Å². The molecule has 4 aromatic carbocycles. The van der Waals surface area contributed by atoms with Gasteiger partial charge in [0.1, 0.15) is 11.5 Å². The number of aromatic nitrogens is 4. The van der Waals surface area contributed by atoms with E-state index < -0.39 is 0 Å². The first-order valence-electron chi connectivity index (χ1n) is 36.0. The van der Waals surface area contributed by atoms with Crippen LogP contribution in [0, 0.1) is 47.3 Å². The van der Waals surface area contributed by atoms with Gasteiger partial charge in [0.15, 0.2) is 0 Å². The molecule has 98 heavy (non-hydrogen) atoms. The van der Waals surface area contributed by atoms with E-state index in [2.05, 4.69) is 330 Å². The van der Waals surface area contributed by atoms with Crippen molar-refractivity contribution in [1.82, 2.24) is 41.2 Å². The molecule has 6 N–H and O–H groups in total. The highest BCUT2D eigenvalue weighted by molar-refractivity contribution is 6.00. The highest BCUT2D eigenvalue weighted by Crippen LogP contribution is 2.42. The number of allylic oxidation sites excluding steroid dienone is 9. The average molecular weight is 1300 g/mol. The summed E-state index contributed by atoms with van der Waals surface area (Å²) in [6.07, 6.45) is 44.3. The first-order valence-corrected chi connectivity index (χ1v) is 36.0. The summed E-state index contributed by atoms with van der Waals surface area (Å²) < 4.78 is 7.17. The summed E-state index contributed by atoms with van der Waals surface area (Å²) >= 11 is 0. The third-order valence-corrected chi connectivity index (χ3v) is 21.2. The van der Waals surface area contributed by atoms with Gasteiger partial charge in [-0.1, -0.05) is 232 Å². The van der Waals surface area contributed by atoms with E-state index in [-0.39, 0.29) is 28.1 Å². The maximum Gasteiger partial charge on any atom is 0.126 e. The van der Waals surface area contributed by atoms with Crippen LogP contribution in [0.3, 0.4) is 0 Å². The first-order chi connectivity index (χ1) is 47.4. The number of hydrogen-bond acceptors (Lipinski definition) is 7. The number of nitrogens with zero attached hydrogens (tertiary/aromatic N) is 2. The number of ether oxygens (including phenoxy) is 1. The van der Waals surface area contributed by atoms with Gasteiger partial charge in [0.05, 0.1) is 22.8 Å². The molecule has 8 bridgehead atoms. The number of hydrogen-bond donors (Lipinski definition) is 6. The molecule has 9 heteroatoms. The Kier molecular flexibility index (Phi) is 19.3. The van der Waals surface area contributed by atoms with Crippen molar-refractivity contribution in [1.29, 1.82) is 0 Å². The molecule has 1 saturated heterocycles. The third-order valence-electron chi connectivity index (χ3n) is 21.2. The van der Waals surface area contributed by atoms with E-state index in [1.807, 2.05) is 0 Å². The molecule has 1 fully saturated rings. The van der Waals surface area contributed by atoms with E-state index in [4.69, 9.17) is 14.7 Å². The maximum absolute atomic E-state index is 7.17. The predicted octanol–water partition coefficient (Wildman–Crippen LogP) is 19.1. The number of fused-ring (bicyclic) bond motifs is 12. The summed E-state index contributed by atoms with van der Waals surface area (Å²) in [4.78, 5) is 19.4. The van der Waals surface area contributed by atoms with Gasteiger partial charge in [0.2, 0.25) is 0 Å². The second-order valence-corrected chi connectivity index (χ2v) is 31.1. The SMILES string of the molecule is CC(C)(C)c1ccc(-c2c3nc(c(-c4ccc(C(C)(C)C)cc4)c4ccc([nH]4)c(-c4ccc(C(C)(C)C)cc4)c4nc(c(-c5ccc(OC6=CC=CC7CCNCC8C=CC=CC8CNCC8C=CC=CC8CNCC8C=CC=CC8CNCC67)cc5)c5ccc2[nH]5)C=C4)C=C3)cc1. The lowest BCUT2D eigenvalue weighted by atomic mass is 9.83. The fourth-order valence-electron chi connectivity index (χ4n) is 15.3. The minimum atomic E-state index is -0.0117. The summed E-state index contributed by atoms with van der Waals surface area (Å²) in [6, 6.07) is 44.8. The molecule has 3 aliphatic heterocycles. The number of aromatic amines is 2. The zero-order valence-electron chi connectivity index (χ0n) is 58.8. The zero-order valence-corrected chi connectivity index (χ0v) is 58.8. The van der Waals surface area contributed by atoms with Crippen molar-refractivity contribution in [3.05, 3.63) is 258 Å². The number of H-pyrrole nitrogens is 2. The molecule has 0 amide bonds. The average Bonchev–Trinajstić information content (AvgIpc) is 1.60. The summed E-state index contributed by atoms with van der Waals surface area (Å²) in [5.74, 6) is 4.71. The summed E-state index contributed by atoms with van der Waals surface area (Å²) in [6.45, 7) is 27.8. The Morgan fingerprint density at radius 2 is 0.622 bits per heavy atom. The van der Waals surface area contributed by atoms with Gasteiger partial charge in [-0.15, -0.1) is 0 Å². The summed E-state index contributed by atoms with van der Waals surface area (Å²) in [5, 5.41) is 15.8. The highest BCUT2D eigenvalue weighted by Gasteiger charge is 2.31. The van der Waals surface area contributed by atoms with E-state index in [0.29, 0.717) is 35.5 Å². The molecule has 7 aliphatic rings. The molecule has 0 saturated carbocycles.